The second-order valence-corrected chi connectivity index (χ2v) is 6.77. The lowest BCUT2D eigenvalue weighted by molar-refractivity contribution is -0.127. The third kappa shape index (κ3) is 6.04. The number of rotatable bonds is 8. The Morgan fingerprint density at radius 3 is 2.42 bits per heavy atom. The third-order valence-corrected chi connectivity index (χ3v) is 4.67. The van der Waals surface area contributed by atoms with Crippen LogP contribution in [0.25, 0.3) is 0 Å². The Bertz CT molecular complexity index is 751. The molecule has 0 aliphatic carbocycles. The topological polar surface area (TPSA) is 58.2 Å². The molecular weight excluding hydrogens is 371 g/mol. The fraction of sp³-hybridized carbons (Fsp3) is 0.300. The van der Waals surface area contributed by atoms with Crippen LogP contribution in [0.1, 0.15) is 30.4 Å². The van der Waals surface area contributed by atoms with E-state index in [4.69, 9.17) is 23.2 Å². The lowest BCUT2D eigenvalue weighted by atomic mass is 9.96. The minimum absolute atomic E-state index is 0.0451. The molecule has 0 radical (unpaired) electrons. The molecule has 2 amide bonds. The van der Waals surface area contributed by atoms with Gasteiger partial charge in [0.15, 0.2) is 0 Å². The summed E-state index contributed by atoms with van der Waals surface area (Å²) >= 11 is 12.0. The molecule has 0 spiro atoms. The van der Waals surface area contributed by atoms with Crippen LogP contribution >= 0.6 is 23.2 Å². The molecule has 6 heteroatoms. The summed E-state index contributed by atoms with van der Waals surface area (Å²) in [5, 5.41) is 6.64. The van der Waals surface area contributed by atoms with Crippen molar-refractivity contribution in [2.75, 3.05) is 13.1 Å². The van der Waals surface area contributed by atoms with Crippen LogP contribution in [0.5, 0.6) is 0 Å². The van der Waals surface area contributed by atoms with E-state index < -0.39 is 0 Å². The molecule has 0 saturated carbocycles. The van der Waals surface area contributed by atoms with Crippen LogP contribution in [0.4, 0.5) is 0 Å². The quantitative estimate of drug-likeness (QED) is 0.713. The maximum absolute atomic E-state index is 12.3. The van der Waals surface area contributed by atoms with Crippen molar-refractivity contribution in [3.8, 4) is 0 Å². The maximum Gasteiger partial charge on any atom is 0.239 e. The van der Waals surface area contributed by atoms with Crippen LogP contribution in [0.2, 0.25) is 10.0 Å². The number of hydrogen-bond acceptors (Lipinski definition) is 2. The van der Waals surface area contributed by atoms with Gasteiger partial charge in [-0.25, -0.2) is 0 Å². The highest BCUT2D eigenvalue weighted by molar-refractivity contribution is 6.35. The van der Waals surface area contributed by atoms with Crippen LogP contribution in [-0.4, -0.2) is 24.9 Å². The largest absolute Gasteiger partial charge is 0.354 e. The lowest BCUT2D eigenvalue weighted by Gasteiger charge is -2.15. The van der Waals surface area contributed by atoms with Gasteiger partial charge in [0.25, 0.3) is 0 Å². The molecule has 0 bridgehead atoms. The number of benzene rings is 2. The highest BCUT2D eigenvalue weighted by Gasteiger charge is 2.18. The van der Waals surface area contributed by atoms with Crippen LogP contribution in [0.3, 0.4) is 0 Å². The number of halogens is 2. The number of hydrogen-bond donors (Lipinski definition) is 2. The summed E-state index contributed by atoms with van der Waals surface area (Å²) in [4.78, 5) is 24.3. The van der Waals surface area contributed by atoms with Gasteiger partial charge in [-0.05, 0) is 36.1 Å². The van der Waals surface area contributed by atoms with Gasteiger partial charge in [-0.15, -0.1) is 0 Å². The van der Waals surface area contributed by atoms with E-state index in [0.29, 0.717) is 29.4 Å². The summed E-state index contributed by atoms with van der Waals surface area (Å²) in [6, 6.07) is 14.8. The second kappa shape index (κ2) is 10.2. The van der Waals surface area contributed by atoms with Crippen molar-refractivity contribution in [2.24, 2.45) is 0 Å². The summed E-state index contributed by atoms with van der Waals surface area (Å²) < 4.78 is 0. The van der Waals surface area contributed by atoms with Gasteiger partial charge in [0.2, 0.25) is 11.8 Å². The first-order chi connectivity index (χ1) is 12.5. The van der Waals surface area contributed by atoms with Crippen LogP contribution in [-0.2, 0) is 16.0 Å². The summed E-state index contributed by atoms with van der Waals surface area (Å²) in [5.74, 6) is -0.627. The monoisotopic (exact) mass is 392 g/mol. The smallest absolute Gasteiger partial charge is 0.239 e. The van der Waals surface area contributed by atoms with Crippen molar-refractivity contribution >= 4 is 35.0 Å². The molecule has 0 aliphatic heterocycles. The summed E-state index contributed by atoms with van der Waals surface area (Å²) in [6.45, 7) is 2.34. The normalized spacial score (nSPS) is 11.7. The van der Waals surface area contributed by atoms with Gasteiger partial charge in [-0.1, -0.05) is 66.5 Å². The minimum atomic E-state index is -0.253. The van der Waals surface area contributed by atoms with Crippen molar-refractivity contribution in [3.05, 3.63) is 69.7 Å². The van der Waals surface area contributed by atoms with Gasteiger partial charge < -0.3 is 10.6 Å². The van der Waals surface area contributed by atoms with Crippen LogP contribution < -0.4 is 10.6 Å². The molecule has 2 rings (SSSR count). The molecule has 2 aromatic carbocycles. The molecule has 2 aromatic rings. The number of nitrogens with one attached hydrogen (secondary N) is 2. The predicted octanol–water partition coefficient (Wildman–Crippen LogP) is 3.96. The van der Waals surface area contributed by atoms with Crippen molar-refractivity contribution in [3.63, 3.8) is 0 Å². The summed E-state index contributed by atoms with van der Waals surface area (Å²) in [5.41, 5.74) is 1.86. The molecule has 0 saturated heterocycles. The number of carbonyl (C=O) groups is 2. The average Bonchev–Trinajstić information content (AvgIpc) is 2.63. The van der Waals surface area contributed by atoms with E-state index in [1.807, 2.05) is 43.3 Å². The molecule has 0 fully saturated rings. The molecule has 26 heavy (non-hydrogen) atoms. The SMILES string of the molecule is CCC(C(=O)NCC(=O)NCCc1ccc(Cl)cc1Cl)c1ccccc1. The zero-order valence-corrected chi connectivity index (χ0v) is 16.1. The third-order valence-electron chi connectivity index (χ3n) is 4.08. The fourth-order valence-electron chi connectivity index (χ4n) is 2.67. The van der Waals surface area contributed by atoms with E-state index in [9.17, 15) is 9.59 Å². The Morgan fingerprint density at radius 1 is 1.04 bits per heavy atom. The van der Waals surface area contributed by atoms with Crippen molar-refractivity contribution in [1.82, 2.24) is 10.6 Å². The Balaban J connectivity index is 1.76. The van der Waals surface area contributed by atoms with E-state index >= 15 is 0 Å². The van der Waals surface area contributed by atoms with Gasteiger partial charge in [0.05, 0.1) is 12.5 Å². The van der Waals surface area contributed by atoms with E-state index in [1.54, 1.807) is 12.1 Å². The van der Waals surface area contributed by atoms with Gasteiger partial charge in [0, 0.05) is 16.6 Å². The summed E-state index contributed by atoms with van der Waals surface area (Å²) in [7, 11) is 0. The van der Waals surface area contributed by atoms with E-state index in [-0.39, 0.29) is 24.3 Å². The van der Waals surface area contributed by atoms with Crippen molar-refractivity contribution < 1.29 is 9.59 Å². The molecule has 0 aliphatic rings. The van der Waals surface area contributed by atoms with E-state index in [2.05, 4.69) is 10.6 Å². The minimum Gasteiger partial charge on any atom is -0.354 e. The van der Waals surface area contributed by atoms with Crippen LogP contribution in [0.15, 0.2) is 48.5 Å². The molecule has 138 valence electrons. The number of amides is 2. The average molecular weight is 393 g/mol. The van der Waals surface area contributed by atoms with Gasteiger partial charge in [0.1, 0.15) is 0 Å². The van der Waals surface area contributed by atoms with E-state index in [1.165, 1.54) is 0 Å². The molecule has 4 nitrogen and oxygen atoms in total. The second-order valence-electron chi connectivity index (χ2n) is 5.93. The molecular formula is C20H22Cl2N2O2. The van der Waals surface area contributed by atoms with Gasteiger partial charge in [-0.3, -0.25) is 9.59 Å². The van der Waals surface area contributed by atoms with E-state index in [0.717, 1.165) is 11.1 Å². The Hall–Kier alpha value is -2.04. The highest BCUT2D eigenvalue weighted by atomic mass is 35.5. The molecule has 0 heterocycles. The summed E-state index contributed by atoms with van der Waals surface area (Å²) in [6.07, 6.45) is 1.27. The van der Waals surface area contributed by atoms with Gasteiger partial charge in [-0.2, -0.15) is 0 Å². The zero-order valence-electron chi connectivity index (χ0n) is 14.6. The van der Waals surface area contributed by atoms with Crippen LogP contribution in [0, 0.1) is 0 Å². The van der Waals surface area contributed by atoms with Gasteiger partial charge >= 0.3 is 0 Å². The van der Waals surface area contributed by atoms with Crippen molar-refractivity contribution in [2.45, 2.75) is 25.7 Å². The fourth-order valence-corrected chi connectivity index (χ4v) is 3.17. The number of carbonyl (C=O) groups excluding carboxylic acids is 2. The molecule has 1 atom stereocenters. The Morgan fingerprint density at radius 2 is 1.77 bits per heavy atom. The highest BCUT2D eigenvalue weighted by Crippen LogP contribution is 2.21. The first kappa shape index (κ1) is 20.3. The molecule has 1 unspecified atom stereocenters. The zero-order chi connectivity index (χ0) is 18.9. The molecule has 2 N–H and O–H groups in total. The first-order valence-electron chi connectivity index (χ1n) is 8.54. The Labute approximate surface area is 163 Å². The predicted molar refractivity (Wildman–Crippen MR) is 106 cm³/mol. The standard InChI is InChI=1S/C20H22Cl2N2O2/c1-2-17(14-6-4-3-5-7-14)20(26)24-13-19(25)23-11-10-15-8-9-16(21)12-18(15)22/h3-9,12,17H,2,10-11,13H2,1H3,(H,23,25)(H,24,26). The lowest BCUT2D eigenvalue weighted by Crippen LogP contribution is -2.39. The maximum atomic E-state index is 12.3. The van der Waals surface area contributed by atoms with Crippen molar-refractivity contribution in [1.29, 1.82) is 0 Å². The Kier molecular flexibility index (Phi) is 7.95. The first-order valence-corrected chi connectivity index (χ1v) is 9.30. The molecule has 0 aromatic heterocycles.